The summed E-state index contributed by atoms with van der Waals surface area (Å²) in [6, 6.07) is 0. The van der Waals surface area contributed by atoms with Gasteiger partial charge in [0.05, 0.1) is 0 Å². The van der Waals surface area contributed by atoms with E-state index in [4.69, 9.17) is 0 Å². The van der Waals surface area contributed by atoms with Gasteiger partial charge in [-0.25, -0.2) is 0 Å². The highest BCUT2D eigenvalue weighted by atomic mass is 16.4. The first-order valence-electron chi connectivity index (χ1n) is 6.21. The third-order valence-electron chi connectivity index (χ3n) is 4.01. The fourth-order valence-electron chi connectivity index (χ4n) is 3.12. The van der Waals surface area contributed by atoms with Crippen LogP contribution in [0.1, 0.15) is 51.4 Å². The van der Waals surface area contributed by atoms with E-state index in [1.807, 2.05) is 0 Å². The summed E-state index contributed by atoms with van der Waals surface area (Å²) < 4.78 is 0. The maximum Gasteiger partial charge on any atom is 0.323 e. The normalized spacial score (nSPS) is 33.1. The molecule has 1 atom stereocenters. The molecule has 1 saturated heterocycles. The molecule has 1 aliphatic carbocycles. The molecule has 0 aromatic heterocycles. The quantitative estimate of drug-likeness (QED) is 0.752. The Kier molecular flexibility index (Phi) is 3.29. The zero-order chi connectivity index (χ0) is 10.7. The zero-order valence-corrected chi connectivity index (χ0v) is 9.30. The van der Waals surface area contributed by atoms with Crippen molar-refractivity contribution in [2.75, 3.05) is 6.54 Å². The number of rotatable bonds is 3. The Labute approximate surface area is 91.2 Å². The first-order chi connectivity index (χ1) is 7.23. The molecule has 2 aliphatic rings. The summed E-state index contributed by atoms with van der Waals surface area (Å²) in [6.07, 6.45) is 8.90. The number of hydrogen-bond donors (Lipinski definition) is 2. The summed E-state index contributed by atoms with van der Waals surface area (Å²) in [5, 5.41) is 12.6. The first kappa shape index (κ1) is 10.9. The second kappa shape index (κ2) is 4.52. The number of nitrogens with one attached hydrogen (secondary N) is 1. The number of carboxylic acid groups (broad SMARTS) is 1. The average molecular weight is 211 g/mol. The lowest BCUT2D eigenvalue weighted by atomic mass is 9.80. The Morgan fingerprint density at radius 1 is 1.27 bits per heavy atom. The third-order valence-corrected chi connectivity index (χ3v) is 4.01. The number of carboxylic acids is 1. The Morgan fingerprint density at radius 3 is 2.53 bits per heavy atom. The molecule has 0 spiro atoms. The lowest BCUT2D eigenvalue weighted by Crippen LogP contribution is -2.55. The van der Waals surface area contributed by atoms with Crippen LogP contribution in [0.25, 0.3) is 0 Å². The van der Waals surface area contributed by atoms with Gasteiger partial charge in [0.1, 0.15) is 5.54 Å². The number of piperidine rings is 1. The number of carbonyl (C=O) groups is 1. The van der Waals surface area contributed by atoms with E-state index in [0.717, 1.165) is 32.2 Å². The molecule has 2 N–H and O–H groups in total. The summed E-state index contributed by atoms with van der Waals surface area (Å²) in [5.74, 6) is 0.0146. The minimum Gasteiger partial charge on any atom is -0.480 e. The van der Waals surface area contributed by atoms with Gasteiger partial charge in [-0.2, -0.15) is 0 Å². The lowest BCUT2D eigenvalue weighted by Gasteiger charge is -2.36. The van der Waals surface area contributed by atoms with Crippen molar-refractivity contribution in [3.63, 3.8) is 0 Å². The number of hydrogen-bond acceptors (Lipinski definition) is 2. The molecule has 0 amide bonds. The smallest absolute Gasteiger partial charge is 0.323 e. The van der Waals surface area contributed by atoms with Crippen molar-refractivity contribution in [3.05, 3.63) is 0 Å². The highest BCUT2D eigenvalue weighted by molar-refractivity contribution is 5.79. The Balaban J connectivity index is 2.00. The second-order valence-electron chi connectivity index (χ2n) is 5.13. The van der Waals surface area contributed by atoms with Crippen LogP contribution in [0.15, 0.2) is 0 Å². The summed E-state index contributed by atoms with van der Waals surface area (Å²) in [4.78, 5) is 11.4. The maximum atomic E-state index is 11.4. The Hall–Kier alpha value is -0.570. The summed E-state index contributed by atoms with van der Waals surface area (Å²) in [7, 11) is 0. The van der Waals surface area contributed by atoms with Gasteiger partial charge in [-0.05, 0) is 38.1 Å². The van der Waals surface area contributed by atoms with Crippen LogP contribution in [0.3, 0.4) is 0 Å². The van der Waals surface area contributed by atoms with E-state index in [-0.39, 0.29) is 0 Å². The first-order valence-corrected chi connectivity index (χ1v) is 6.21. The summed E-state index contributed by atoms with van der Waals surface area (Å²) >= 11 is 0. The van der Waals surface area contributed by atoms with Crippen molar-refractivity contribution in [3.8, 4) is 0 Å². The predicted molar refractivity (Wildman–Crippen MR) is 58.8 cm³/mol. The van der Waals surface area contributed by atoms with Crippen molar-refractivity contribution in [1.29, 1.82) is 0 Å². The van der Waals surface area contributed by atoms with Gasteiger partial charge in [-0.15, -0.1) is 0 Å². The standard InChI is InChI=1S/C12H21NO2/c14-11(15)12(7-3-4-8-13-12)9-10-5-1-2-6-10/h10,13H,1-9H2,(H,14,15). The van der Waals surface area contributed by atoms with Gasteiger partial charge in [0, 0.05) is 0 Å². The van der Waals surface area contributed by atoms with Gasteiger partial charge in [0.15, 0.2) is 0 Å². The molecule has 0 radical (unpaired) electrons. The van der Waals surface area contributed by atoms with Crippen LogP contribution in [-0.2, 0) is 4.79 Å². The fraction of sp³-hybridized carbons (Fsp3) is 0.917. The molecular formula is C12H21NO2. The van der Waals surface area contributed by atoms with E-state index in [9.17, 15) is 9.90 Å². The van der Waals surface area contributed by atoms with Crippen molar-refractivity contribution in [1.82, 2.24) is 5.32 Å². The predicted octanol–water partition coefficient (Wildman–Crippen LogP) is 2.16. The van der Waals surface area contributed by atoms with Crippen LogP contribution in [0.5, 0.6) is 0 Å². The van der Waals surface area contributed by atoms with E-state index in [2.05, 4.69) is 5.32 Å². The molecule has 15 heavy (non-hydrogen) atoms. The zero-order valence-electron chi connectivity index (χ0n) is 9.30. The molecule has 2 fully saturated rings. The average Bonchev–Trinajstić information content (AvgIpc) is 2.71. The van der Waals surface area contributed by atoms with Crippen LogP contribution in [0, 0.1) is 5.92 Å². The molecule has 0 aromatic carbocycles. The van der Waals surface area contributed by atoms with Gasteiger partial charge >= 0.3 is 5.97 Å². The van der Waals surface area contributed by atoms with Crippen molar-refractivity contribution >= 4 is 5.97 Å². The molecule has 3 nitrogen and oxygen atoms in total. The van der Waals surface area contributed by atoms with Gasteiger partial charge in [0.2, 0.25) is 0 Å². The van der Waals surface area contributed by atoms with E-state index in [1.54, 1.807) is 0 Å². The Bertz CT molecular complexity index is 228. The van der Waals surface area contributed by atoms with Crippen molar-refractivity contribution < 1.29 is 9.90 Å². The molecule has 86 valence electrons. The maximum absolute atomic E-state index is 11.4. The monoisotopic (exact) mass is 211 g/mol. The molecular weight excluding hydrogens is 190 g/mol. The molecule has 0 bridgehead atoms. The van der Waals surface area contributed by atoms with Crippen molar-refractivity contribution in [2.45, 2.75) is 56.9 Å². The molecule has 1 saturated carbocycles. The highest BCUT2D eigenvalue weighted by Crippen LogP contribution is 2.35. The Morgan fingerprint density at radius 2 is 2.00 bits per heavy atom. The molecule has 1 aliphatic heterocycles. The van der Waals surface area contributed by atoms with Crippen molar-refractivity contribution in [2.24, 2.45) is 5.92 Å². The third kappa shape index (κ3) is 2.33. The largest absolute Gasteiger partial charge is 0.480 e. The van der Waals surface area contributed by atoms with Crippen LogP contribution < -0.4 is 5.32 Å². The van der Waals surface area contributed by atoms with E-state index in [1.165, 1.54) is 25.7 Å². The SMILES string of the molecule is O=C(O)C1(CC2CCCC2)CCCCN1. The van der Waals surface area contributed by atoms with Gasteiger partial charge < -0.3 is 10.4 Å². The molecule has 3 heteroatoms. The molecule has 1 unspecified atom stereocenters. The second-order valence-corrected chi connectivity index (χ2v) is 5.13. The van der Waals surface area contributed by atoms with E-state index >= 15 is 0 Å². The van der Waals surface area contributed by atoms with Gasteiger partial charge in [-0.3, -0.25) is 4.79 Å². The van der Waals surface area contributed by atoms with E-state index in [0.29, 0.717) is 5.92 Å². The molecule has 1 heterocycles. The molecule has 0 aromatic rings. The molecule has 2 rings (SSSR count). The van der Waals surface area contributed by atoms with Crippen LogP contribution in [-0.4, -0.2) is 23.2 Å². The van der Waals surface area contributed by atoms with Gasteiger partial charge in [0.25, 0.3) is 0 Å². The summed E-state index contributed by atoms with van der Waals surface area (Å²) in [6.45, 7) is 0.874. The van der Waals surface area contributed by atoms with Crippen LogP contribution in [0.4, 0.5) is 0 Å². The van der Waals surface area contributed by atoms with Gasteiger partial charge in [-0.1, -0.05) is 25.7 Å². The van der Waals surface area contributed by atoms with Crippen LogP contribution >= 0.6 is 0 Å². The van der Waals surface area contributed by atoms with E-state index < -0.39 is 11.5 Å². The number of aliphatic carboxylic acids is 1. The topological polar surface area (TPSA) is 49.3 Å². The summed E-state index contributed by atoms with van der Waals surface area (Å²) in [5.41, 5.74) is -0.590. The highest BCUT2D eigenvalue weighted by Gasteiger charge is 2.41. The minimum absolute atomic E-state index is 0.590. The van der Waals surface area contributed by atoms with Crippen LogP contribution in [0.2, 0.25) is 0 Å². The lowest BCUT2D eigenvalue weighted by molar-refractivity contribution is -0.147. The minimum atomic E-state index is -0.630. The fourth-order valence-corrected chi connectivity index (χ4v) is 3.12.